The lowest BCUT2D eigenvalue weighted by molar-refractivity contribution is 0.380. The Balaban J connectivity index is 1.57. The van der Waals surface area contributed by atoms with E-state index in [0.717, 1.165) is 31.1 Å². The first-order valence-electron chi connectivity index (χ1n) is 6.44. The molecule has 0 radical (unpaired) electrons. The molecule has 1 aromatic heterocycles. The summed E-state index contributed by atoms with van der Waals surface area (Å²) in [4.78, 5) is 4.12. The Bertz CT molecular complexity index is 277. The van der Waals surface area contributed by atoms with Crippen LogP contribution in [0.2, 0.25) is 0 Å². The molecule has 0 aromatic carbocycles. The molecule has 1 unspecified atom stereocenters. The van der Waals surface area contributed by atoms with E-state index in [-0.39, 0.29) is 0 Å². The summed E-state index contributed by atoms with van der Waals surface area (Å²) in [6.45, 7) is 3.41. The summed E-state index contributed by atoms with van der Waals surface area (Å²) < 4.78 is 0. The molecule has 1 saturated carbocycles. The van der Waals surface area contributed by atoms with Gasteiger partial charge in [-0.3, -0.25) is 5.10 Å². The summed E-state index contributed by atoms with van der Waals surface area (Å²) in [6, 6.07) is 0.678. The molecule has 0 amide bonds. The smallest absolute Gasteiger partial charge is 0.137 e. The minimum Gasteiger partial charge on any atom is -0.314 e. The number of aryl methyl sites for hydroxylation is 1. The number of hydrogen-bond acceptors (Lipinski definition) is 3. The van der Waals surface area contributed by atoms with Gasteiger partial charge < -0.3 is 5.32 Å². The van der Waals surface area contributed by atoms with Crippen molar-refractivity contribution in [3.8, 4) is 0 Å². The fourth-order valence-corrected chi connectivity index (χ4v) is 2.56. The number of rotatable bonds is 6. The summed E-state index contributed by atoms with van der Waals surface area (Å²) in [7, 11) is 0. The van der Waals surface area contributed by atoms with Crippen molar-refractivity contribution in [3.63, 3.8) is 0 Å². The van der Waals surface area contributed by atoms with E-state index in [2.05, 4.69) is 27.4 Å². The van der Waals surface area contributed by atoms with Gasteiger partial charge in [0, 0.05) is 12.5 Å². The molecule has 90 valence electrons. The van der Waals surface area contributed by atoms with Crippen LogP contribution >= 0.6 is 0 Å². The van der Waals surface area contributed by atoms with Gasteiger partial charge in [0.05, 0.1) is 0 Å². The molecule has 4 nitrogen and oxygen atoms in total. The molecule has 2 rings (SSSR count). The number of nitrogens with zero attached hydrogens (tertiary/aromatic N) is 2. The monoisotopic (exact) mass is 222 g/mol. The second kappa shape index (κ2) is 5.99. The van der Waals surface area contributed by atoms with Crippen molar-refractivity contribution < 1.29 is 0 Å². The van der Waals surface area contributed by atoms with Crippen LogP contribution in [-0.2, 0) is 6.42 Å². The van der Waals surface area contributed by atoms with E-state index in [1.54, 1.807) is 6.33 Å². The lowest BCUT2D eigenvalue weighted by Gasteiger charge is -2.20. The maximum absolute atomic E-state index is 4.12. The van der Waals surface area contributed by atoms with Crippen LogP contribution in [0.25, 0.3) is 0 Å². The second-order valence-electron chi connectivity index (χ2n) is 4.82. The summed E-state index contributed by atoms with van der Waals surface area (Å²) in [5.41, 5.74) is 0. The Morgan fingerprint density at radius 2 is 2.31 bits per heavy atom. The predicted molar refractivity (Wildman–Crippen MR) is 64.1 cm³/mol. The molecule has 1 atom stereocenters. The molecule has 0 saturated heterocycles. The number of aromatic nitrogens is 3. The summed E-state index contributed by atoms with van der Waals surface area (Å²) in [5.74, 6) is 1.90. The van der Waals surface area contributed by atoms with Crippen LogP contribution in [0.1, 0.15) is 44.9 Å². The van der Waals surface area contributed by atoms with Crippen LogP contribution in [0.15, 0.2) is 6.33 Å². The lowest BCUT2D eigenvalue weighted by Crippen LogP contribution is -2.33. The standard InChI is InChI=1S/C12H22N4/c1-10(11-5-2-3-6-11)13-8-4-7-12-14-9-15-16-12/h9-11,13H,2-8H2,1H3,(H,14,15,16). The molecule has 1 aliphatic carbocycles. The van der Waals surface area contributed by atoms with Gasteiger partial charge in [0.2, 0.25) is 0 Å². The third-order valence-corrected chi connectivity index (χ3v) is 3.63. The van der Waals surface area contributed by atoms with E-state index in [1.165, 1.54) is 25.7 Å². The van der Waals surface area contributed by atoms with Gasteiger partial charge in [-0.25, -0.2) is 4.98 Å². The number of aromatic amines is 1. The normalized spacial score (nSPS) is 19.1. The first kappa shape index (κ1) is 11.6. The highest BCUT2D eigenvalue weighted by Gasteiger charge is 2.20. The number of nitrogens with one attached hydrogen (secondary N) is 2. The highest BCUT2D eigenvalue weighted by Crippen LogP contribution is 2.27. The van der Waals surface area contributed by atoms with Crippen molar-refractivity contribution in [3.05, 3.63) is 12.2 Å². The van der Waals surface area contributed by atoms with Gasteiger partial charge in [0.15, 0.2) is 0 Å². The molecular formula is C12H22N4. The van der Waals surface area contributed by atoms with Crippen LogP contribution in [0.3, 0.4) is 0 Å². The molecule has 1 heterocycles. The average Bonchev–Trinajstić information content (AvgIpc) is 2.96. The fourth-order valence-electron chi connectivity index (χ4n) is 2.56. The lowest BCUT2D eigenvalue weighted by atomic mass is 10.00. The third-order valence-electron chi connectivity index (χ3n) is 3.63. The van der Waals surface area contributed by atoms with Gasteiger partial charge in [-0.2, -0.15) is 5.10 Å². The maximum atomic E-state index is 4.12. The Kier molecular flexibility index (Phi) is 4.34. The third kappa shape index (κ3) is 3.30. The summed E-state index contributed by atoms with van der Waals surface area (Å²) in [5, 5.41) is 10.4. The molecule has 1 aliphatic rings. The zero-order valence-electron chi connectivity index (χ0n) is 10.1. The van der Waals surface area contributed by atoms with E-state index in [4.69, 9.17) is 0 Å². The van der Waals surface area contributed by atoms with Crippen LogP contribution in [-0.4, -0.2) is 27.8 Å². The van der Waals surface area contributed by atoms with Gasteiger partial charge in [-0.15, -0.1) is 0 Å². The Labute approximate surface area is 97.2 Å². The molecule has 0 aliphatic heterocycles. The van der Waals surface area contributed by atoms with E-state index < -0.39 is 0 Å². The van der Waals surface area contributed by atoms with Crippen molar-refractivity contribution in [2.24, 2.45) is 5.92 Å². The molecule has 0 bridgehead atoms. The van der Waals surface area contributed by atoms with Crippen LogP contribution in [0.5, 0.6) is 0 Å². The van der Waals surface area contributed by atoms with Crippen molar-refractivity contribution in [2.75, 3.05) is 6.54 Å². The van der Waals surface area contributed by atoms with Gasteiger partial charge >= 0.3 is 0 Å². The summed E-state index contributed by atoms with van der Waals surface area (Å²) in [6.07, 6.45) is 9.37. The van der Waals surface area contributed by atoms with Crippen LogP contribution in [0.4, 0.5) is 0 Å². The van der Waals surface area contributed by atoms with Crippen molar-refractivity contribution >= 4 is 0 Å². The van der Waals surface area contributed by atoms with Crippen molar-refractivity contribution in [1.29, 1.82) is 0 Å². The molecule has 1 aromatic rings. The second-order valence-corrected chi connectivity index (χ2v) is 4.82. The first-order chi connectivity index (χ1) is 7.86. The van der Waals surface area contributed by atoms with E-state index >= 15 is 0 Å². The largest absolute Gasteiger partial charge is 0.314 e. The SMILES string of the molecule is CC(NCCCc1ncn[nH]1)C1CCCC1. The van der Waals surface area contributed by atoms with Crippen LogP contribution in [0, 0.1) is 5.92 Å². The minimum atomic E-state index is 0.678. The van der Waals surface area contributed by atoms with E-state index in [0.29, 0.717) is 6.04 Å². The van der Waals surface area contributed by atoms with Crippen molar-refractivity contribution in [2.45, 2.75) is 51.5 Å². The van der Waals surface area contributed by atoms with Gasteiger partial charge in [0.1, 0.15) is 12.2 Å². The Morgan fingerprint density at radius 3 is 3.00 bits per heavy atom. The number of H-pyrrole nitrogens is 1. The van der Waals surface area contributed by atoms with Crippen molar-refractivity contribution in [1.82, 2.24) is 20.5 Å². The highest BCUT2D eigenvalue weighted by molar-refractivity contribution is 4.81. The molecule has 2 N–H and O–H groups in total. The quantitative estimate of drug-likeness (QED) is 0.723. The molecular weight excluding hydrogens is 200 g/mol. The molecule has 0 spiro atoms. The highest BCUT2D eigenvalue weighted by atomic mass is 15.2. The zero-order chi connectivity index (χ0) is 11.2. The average molecular weight is 222 g/mol. The first-order valence-corrected chi connectivity index (χ1v) is 6.44. The minimum absolute atomic E-state index is 0.678. The topological polar surface area (TPSA) is 53.6 Å². The van der Waals surface area contributed by atoms with Gasteiger partial charge in [0.25, 0.3) is 0 Å². The molecule has 4 heteroatoms. The summed E-state index contributed by atoms with van der Waals surface area (Å²) >= 11 is 0. The maximum Gasteiger partial charge on any atom is 0.137 e. The fraction of sp³-hybridized carbons (Fsp3) is 0.833. The molecule has 16 heavy (non-hydrogen) atoms. The predicted octanol–water partition coefficient (Wildman–Crippen LogP) is 1.91. The number of hydrogen-bond donors (Lipinski definition) is 2. The van der Waals surface area contributed by atoms with Crippen LogP contribution < -0.4 is 5.32 Å². The molecule has 1 fully saturated rings. The van der Waals surface area contributed by atoms with E-state index in [1.807, 2.05) is 0 Å². The zero-order valence-corrected chi connectivity index (χ0v) is 10.1. The van der Waals surface area contributed by atoms with Gasteiger partial charge in [-0.1, -0.05) is 12.8 Å². The van der Waals surface area contributed by atoms with Gasteiger partial charge in [-0.05, 0) is 38.6 Å². The van der Waals surface area contributed by atoms with E-state index in [9.17, 15) is 0 Å². The Morgan fingerprint density at radius 1 is 1.50 bits per heavy atom. The Hall–Kier alpha value is -0.900.